The fourth-order valence-corrected chi connectivity index (χ4v) is 3.32. The summed E-state index contributed by atoms with van der Waals surface area (Å²) in [5.74, 6) is 0.839. The number of pyridine rings is 1. The lowest BCUT2D eigenvalue weighted by atomic mass is 10.1. The monoisotopic (exact) mass is 344 g/mol. The summed E-state index contributed by atoms with van der Waals surface area (Å²) < 4.78 is 0.896. The van der Waals surface area contributed by atoms with Gasteiger partial charge in [-0.3, -0.25) is 0 Å². The number of halogens is 2. The van der Waals surface area contributed by atoms with Crippen molar-refractivity contribution in [1.82, 2.24) is 4.98 Å². The summed E-state index contributed by atoms with van der Waals surface area (Å²) >= 11 is 11.1. The first-order valence-electron chi connectivity index (χ1n) is 5.81. The van der Waals surface area contributed by atoms with Gasteiger partial charge in [-0.25, -0.2) is 4.98 Å². The second-order valence-electron chi connectivity index (χ2n) is 3.98. The second kappa shape index (κ2) is 6.55. The zero-order valence-electron chi connectivity index (χ0n) is 9.99. The molecule has 0 amide bonds. The molecule has 2 aromatic rings. The van der Waals surface area contributed by atoms with Gasteiger partial charge in [-0.15, -0.1) is 11.3 Å². The molecule has 0 aliphatic heterocycles. The predicted octanol–water partition coefficient (Wildman–Crippen LogP) is 5.51. The maximum absolute atomic E-state index is 5.90. The molecule has 1 unspecified atom stereocenters. The highest BCUT2D eigenvalue weighted by Gasteiger charge is 2.13. The average molecular weight is 346 g/mol. The molecule has 0 aromatic carbocycles. The number of hydrogen-bond donors (Lipinski definition) is 1. The van der Waals surface area contributed by atoms with Gasteiger partial charge in [-0.05, 0) is 39.9 Å². The molecule has 5 heteroatoms. The zero-order chi connectivity index (χ0) is 13.0. The third-order valence-electron chi connectivity index (χ3n) is 2.58. The fraction of sp³-hybridized carbons (Fsp3) is 0.308. The normalized spacial score (nSPS) is 12.4. The van der Waals surface area contributed by atoms with Gasteiger partial charge in [0.05, 0.1) is 15.5 Å². The Hall–Kier alpha value is -0.580. The molecule has 2 nitrogen and oxygen atoms in total. The molecule has 0 fully saturated rings. The van der Waals surface area contributed by atoms with E-state index in [0.717, 1.165) is 23.1 Å². The first kappa shape index (κ1) is 13.8. The Bertz CT molecular complexity index is 502. The van der Waals surface area contributed by atoms with Crippen molar-refractivity contribution < 1.29 is 0 Å². The molecule has 18 heavy (non-hydrogen) atoms. The number of hydrogen-bond acceptors (Lipinski definition) is 3. The van der Waals surface area contributed by atoms with Crippen molar-refractivity contribution in [2.24, 2.45) is 0 Å². The Morgan fingerprint density at radius 2 is 2.39 bits per heavy atom. The van der Waals surface area contributed by atoms with Crippen LogP contribution < -0.4 is 5.32 Å². The maximum atomic E-state index is 5.90. The van der Waals surface area contributed by atoms with Crippen LogP contribution in [0.5, 0.6) is 0 Å². The first-order valence-corrected chi connectivity index (χ1v) is 7.86. The number of nitrogens with one attached hydrogen (secondary N) is 1. The minimum absolute atomic E-state index is 0.306. The fourth-order valence-electron chi connectivity index (χ4n) is 1.75. The van der Waals surface area contributed by atoms with Gasteiger partial charge in [0.15, 0.2) is 0 Å². The maximum Gasteiger partial charge on any atom is 0.140 e. The lowest BCUT2D eigenvalue weighted by Crippen LogP contribution is -2.10. The van der Waals surface area contributed by atoms with Gasteiger partial charge in [0, 0.05) is 11.1 Å². The number of aromatic nitrogens is 1. The van der Waals surface area contributed by atoms with E-state index in [1.807, 2.05) is 6.07 Å². The van der Waals surface area contributed by atoms with Crippen molar-refractivity contribution in [3.05, 3.63) is 44.1 Å². The summed E-state index contributed by atoms with van der Waals surface area (Å²) in [6.07, 6.45) is 3.87. The molecule has 0 saturated heterocycles. The van der Waals surface area contributed by atoms with E-state index >= 15 is 0 Å². The van der Waals surface area contributed by atoms with Crippen molar-refractivity contribution in [2.75, 3.05) is 5.32 Å². The van der Waals surface area contributed by atoms with Crippen LogP contribution in [0.1, 0.15) is 30.7 Å². The highest BCUT2D eigenvalue weighted by molar-refractivity contribution is 9.10. The quantitative estimate of drug-likeness (QED) is 0.772. The van der Waals surface area contributed by atoms with Crippen LogP contribution in [0.25, 0.3) is 0 Å². The minimum Gasteiger partial charge on any atom is -0.362 e. The third-order valence-corrected chi connectivity index (χ3v) is 4.38. The summed E-state index contributed by atoms with van der Waals surface area (Å²) in [6.45, 7) is 2.19. The Labute approximate surface area is 125 Å². The van der Waals surface area contributed by atoms with E-state index < -0.39 is 0 Å². The van der Waals surface area contributed by atoms with E-state index in [4.69, 9.17) is 11.6 Å². The van der Waals surface area contributed by atoms with Crippen molar-refractivity contribution in [2.45, 2.75) is 25.8 Å². The van der Waals surface area contributed by atoms with Crippen molar-refractivity contribution >= 4 is 44.7 Å². The van der Waals surface area contributed by atoms with E-state index in [-0.39, 0.29) is 0 Å². The van der Waals surface area contributed by atoms with Crippen LogP contribution in [0, 0.1) is 0 Å². The van der Waals surface area contributed by atoms with Crippen molar-refractivity contribution in [1.29, 1.82) is 0 Å². The van der Waals surface area contributed by atoms with Crippen LogP contribution in [0.3, 0.4) is 0 Å². The van der Waals surface area contributed by atoms with Crippen LogP contribution in [0.15, 0.2) is 34.2 Å². The van der Waals surface area contributed by atoms with Gasteiger partial charge in [0.1, 0.15) is 5.82 Å². The predicted molar refractivity (Wildman–Crippen MR) is 82.5 cm³/mol. The Balaban J connectivity index is 2.18. The molecule has 0 aliphatic rings. The SMILES string of the molecule is CCCC(Nc1ncc(Cl)cc1Br)c1cccs1. The molecule has 0 aliphatic carbocycles. The van der Waals surface area contributed by atoms with Gasteiger partial charge in [-0.2, -0.15) is 0 Å². The van der Waals surface area contributed by atoms with Gasteiger partial charge in [-0.1, -0.05) is 31.0 Å². The molecule has 1 N–H and O–H groups in total. The Morgan fingerprint density at radius 1 is 1.56 bits per heavy atom. The molecule has 2 heterocycles. The van der Waals surface area contributed by atoms with Gasteiger partial charge >= 0.3 is 0 Å². The number of anilines is 1. The standard InChI is InChI=1S/C13H14BrClN2S/c1-2-4-11(12-5-3-6-18-12)17-13-10(14)7-9(15)8-16-13/h3,5-8,11H,2,4H2,1H3,(H,16,17). The summed E-state index contributed by atoms with van der Waals surface area (Å²) in [5.41, 5.74) is 0. The summed E-state index contributed by atoms with van der Waals surface area (Å²) in [6, 6.07) is 6.39. The summed E-state index contributed by atoms with van der Waals surface area (Å²) in [7, 11) is 0. The lowest BCUT2D eigenvalue weighted by Gasteiger charge is -2.18. The summed E-state index contributed by atoms with van der Waals surface area (Å²) in [4.78, 5) is 5.66. The average Bonchev–Trinajstić information content (AvgIpc) is 2.85. The molecular weight excluding hydrogens is 332 g/mol. The molecule has 0 radical (unpaired) electrons. The Kier molecular flexibility index (Phi) is 5.03. The largest absolute Gasteiger partial charge is 0.362 e. The zero-order valence-corrected chi connectivity index (χ0v) is 13.1. The molecule has 2 aromatic heterocycles. The van der Waals surface area contributed by atoms with E-state index in [9.17, 15) is 0 Å². The van der Waals surface area contributed by atoms with E-state index in [2.05, 4.69) is 50.7 Å². The molecular formula is C13H14BrClN2S. The van der Waals surface area contributed by atoms with E-state index in [1.165, 1.54) is 4.88 Å². The minimum atomic E-state index is 0.306. The van der Waals surface area contributed by atoms with Crippen LogP contribution in [-0.4, -0.2) is 4.98 Å². The Morgan fingerprint density at radius 3 is 3.00 bits per heavy atom. The van der Waals surface area contributed by atoms with E-state index in [0.29, 0.717) is 11.1 Å². The molecule has 0 bridgehead atoms. The van der Waals surface area contributed by atoms with Crippen LogP contribution >= 0.6 is 38.9 Å². The molecule has 0 spiro atoms. The smallest absolute Gasteiger partial charge is 0.140 e. The molecule has 0 saturated carbocycles. The highest BCUT2D eigenvalue weighted by atomic mass is 79.9. The topological polar surface area (TPSA) is 24.9 Å². The van der Waals surface area contributed by atoms with Crippen molar-refractivity contribution in [3.63, 3.8) is 0 Å². The first-order chi connectivity index (χ1) is 8.70. The molecule has 96 valence electrons. The molecule has 1 atom stereocenters. The van der Waals surface area contributed by atoms with Crippen LogP contribution in [0.2, 0.25) is 5.02 Å². The number of rotatable bonds is 5. The second-order valence-corrected chi connectivity index (χ2v) is 6.26. The van der Waals surface area contributed by atoms with Gasteiger partial charge in [0.2, 0.25) is 0 Å². The van der Waals surface area contributed by atoms with Crippen LogP contribution in [-0.2, 0) is 0 Å². The third kappa shape index (κ3) is 3.46. The molecule has 2 rings (SSSR count). The van der Waals surface area contributed by atoms with Crippen LogP contribution in [0.4, 0.5) is 5.82 Å². The number of nitrogens with zero attached hydrogens (tertiary/aromatic N) is 1. The van der Waals surface area contributed by atoms with Crippen molar-refractivity contribution in [3.8, 4) is 0 Å². The lowest BCUT2D eigenvalue weighted by molar-refractivity contribution is 0.684. The summed E-state index contributed by atoms with van der Waals surface area (Å²) in [5, 5.41) is 6.21. The van der Waals surface area contributed by atoms with Gasteiger partial charge < -0.3 is 5.32 Å². The number of thiophene rings is 1. The highest BCUT2D eigenvalue weighted by Crippen LogP contribution is 2.30. The van der Waals surface area contributed by atoms with E-state index in [1.54, 1.807) is 17.5 Å². The van der Waals surface area contributed by atoms with Gasteiger partial charge in [0.25, 0.3) is 0 Å².